The summed E-state index contributed by atoms with van der Waals surface area (Å²) >= 11 is 7.32. The molecule has 0 aromatic heterocycles. The second-order valence-corrected chi connectivity index (χ2v) is 8.45. The molecule has 3 rings (SSSR count). The van der Waals surface area contributed by atoms with Crippen molar-refractivity contribution >= 4 is 57.6 Å². The van der Waals surface area contributed by atoms with Crippen LogP contribution in [0.1, 0.15) is 12.5 Å². The maximum atomic E-state index is 13.0. The third kappa shape index (κ3) is 4.06. The van der Waals surface area contributed by atoms with Crippen molar-refractivity contribution in [2.24, 2.45) is 0 Å². The first-order valence-electron chi connectivity index (χ1n) is 7.96. The van der Waals surface area contributed by atoms with E-state index in [2.05, 4.69) is 0 Å². The normalized spacial score (nSPS) is 19.9. The van der Waals surface area contributed by atoms with Crippen molar-refractivity contribution < 1.29 is 27.9 Å². The van der Waals surface area contributed by atoms with Gasteiger partial charge in [-0.1, -0.05) is 35.7 Å². The highest BCUT2D eigenvalue weighted by atomic mass is 32.2. The molecule has 1 saturated heterocycles. The molecule has 0 unspecified atom stereocenters. The fraction of sp³-hybridized carbons (Fsp3) is 0.235. The number of anilines is 1. The maximum absolute atomic E-state index is 13.0. The lowest BCUT2D eigenvalue weighted by atomic mass is 10.2. The highest BCUT2D eigenvalue weighted by molar-refractivity contribution is 8.26. The van der Waals surface area contributed by atoms with Crippen LogP contribution in [0.4, 0.5) is 18.9 Å². The Morgan fingerprint density at radius 3 is 2.57 bits per heavy atom. The topological polar surface area (TPSA) is 60.9 Å². The first-order chi connectivity index (χ1) is 13.1. The number of alkyl halides is 3. The molecule has 0 saturated carbocycles. The summed E-state index contributed by atoms with van der Waals surface area (Å²) in [5.74, 6) is -1.67. The molecule has 1 aromatic carbocycles. The Balaban J connectivity index is 1.87. The van der Waals surface area contributed by atoms with E-state index in [9.17, 15) is 22.8 Å². The number of aliphatic carboxylic acids is 1. The van der Waals surface area contributed by atoms with Crippen LogP contribution in [0.15, 0.2) is 45.2 Å². The Labute approximate surface area is 172 Å². The number of fused-ring (bicyclic) bond motifs is 1. The molecule has 0 radical (unpaired) electrons. The summed E-state index contributed by atoms with van der Waals surface area (Å²) in [5, 5.41) is 9.53. The predicted octanol–water partition coefficient (Wildman–Crippen LogP) is 4.31. The number of hydrogen-bond donors (Lipinski definition) is 1. The standard InChI is InChI=1S/C17H13F3N2O3S3/c1-2-21-10-7-9(17(18,19)20)3-4-11(10)27-13(21)6-5-12-15(25)22(8-14(23)24)16(26)28-12/h3-7H,2,8H2,1H3,(H,23,24)/b12-5+,13-6-. The van der Waals surface area contributed by atoms with Crippen molar-refractivity contribution in [1.82, 2.24) is 4.90 Å². The lowest BCUT2D eigenvalue weighted by Crippen LogP contribution is -2.33. The van der Waals surface area contributed by atoms with Gasteiger partial charge in [0, 0.05) is 11.4 Å². The number of carboxylic acids is 1. The summed E-state index contributed by atoms with van der Waals surface area (Å²) in [6.07, 6.45) is -1.28. The Bertz CT molecular complexity index is 928. The minimum absolute atomic E-state index is 0.154. The van der Waals surface area contributed by atoms with Crippen molar-refractivity contribution in [2.45, 2.75) is 18.0 Å². The van der Waals surface area contributed by atoms with E-state index >= 15 is 0 Å². The summed E-state index contributed by atoms with van der Waals surface area (Å²) in [5.41, 5.74) is -0.263. The molecule has 0 atom stereocenters. The van der Waals surface area contributed by atoms with Gasteiger partial charge >= 0.3 is 12.1 Å². The summed E-state index contributed by atoms with van der Waals surface area (Å²) < 4.78 is 39.1. The monoisotopic (exact) mass is 446 g/mol. The third-order valence-corrected chi connectivity index (χ3v) is 6.44. The van der Waals surface area contributed by atoms with E-state index < -0.39 is 30.2 Å². The molecule has 2 heterocycles. The minimum Gasteiger partial charge on any atom is -0.480 e. The van der Waals surface area contributed by atoms with Crippen LogP contribution in [-0.2, 0) is 15.8 Å². The van der Waals surface area contributed by atoms with Gasteiger partial charge in [0.15, 0.2) is 0 Å². The molecule has 5 nitrogen and oxygen atoms in total. The van der Waals surface area contributed by atoms with Crippen LogP contribution in [0.25, 0.3) is 0 Å². The number of halogens is 3. The highest BCUT2D eigenvalue weighted by Gasteiger charge is 2.35. The fourth-order valence-corrected chi connectivity index (χ4v) is 4.97. The van der Waals surface area contributed by atoms with Crippen molar-refractivity contribution in [3.63, 3.8) is 0 Å². The van der Waals surface area contributed by atoms with Crippen LogP contribution < -0.4 is 4.90 Å². The van der Waals surface area contributed by atoms with Crippen molar-refractivity contribution in [2.75, 3.05) is 18.0 Å². The smallest absolute Gasteiger partial charge is 0.416 e. The van der Waals surface area contributed by atoms with E-state index in [1.54, 1.807) is 11.0 Å². The van der Waals surface area contributed by atoms with E-state index in [1.165, 1.54) is 23.9 Å². The quantitative estimate of drug-likeness (QED) is 0.546. The molecule has 11 heteroatoms. The van der Waals surface area contributed by atoms with Crippen molar-refractivity contribution in [3.8, 4) is 0 Å². The predicted molar refractivity (Wildman–Crippen MR) is 106 cm³/mol. The zero-order valence-corrected chi connectivity index (χ0v) is 16.8. The van der Waals surface area contributed by atoms with Gasteiger partial charge in [-0.2, -0.15) is 13.2 Å². The molecular formula is C17H13F3N2O3S3. The van der Waals surface area contributed by atoms with Crippen LogP contribution in [-0.4, -0.2) is 39.3 Å². The number of thioether (sulfide) groups is 2. The number of rotatable bonds is 4. The molecule has 2 aliphatic rings. The van der Waals surface area contributed by atoms with Gasteiger partial charge in [0.05, 0.1) is 21.2 Å². The van der Waals surface area contributed by atoms with E-state index in [0.29, 0.717) is 22.2 Å². The molecule has 148 valence electrons. The average Bonchev–Trinajstić information content (AvgIpc) is 3.09. The first kappa shape index (κ1) is 20.7. The number of carboxylic acid groups (broad SMARTS) is 1. The van der Waals surface area contributed by atoms with Crippen molar-refractivity contribution in [3.05, 3.63) is 45.8 Å². The largest absolute Gasteiger partial charge is 0.480 e. The summed E-state index contributed by atoms with van der Waals surface area (Å²) in [4.78, 5) is 26.8. The number of nitrogens with zero attached hydrogens (tertiary/aromatic N) is 2. The minimum atomic E-state index is -4.43. The first-order valence-corrected chi connectivity index (χ1v) is 10.00. The molecule has 1 amide bonds. The molecule has 0 bridgehead atoms. The zero-order chi connectivity index (χ0) is 20.6. The number of allylic oxidation sites excluding steroid dienone is 2. The van der Waals surface area contributed by atoms with Crippen LogP contribution in [0, 0.1) is 0 Å². The number of benzene rings is 1. The Hall–Kier alpha value is -1.98. The van der Waals surface area contributed by atoms with Gasteiger partial charge in [-0.15, -0.1) is 0 Å². The molecule has 0 spiro atoms. The van der Waals surface area contributed by atoms with Gasteiger partial charge in [-0.05, 0) is 37.3 Å². The van der Waals surface area contributed by atoms with E-state index in [-0.39, 0.29) is 9.23 Å². The van der Waals surface area contributed by atoms with Gasteiger partial charge in [0.1, 0.15) is 10.9 Å². The summed E-state index contributed by atoms with van der Waals surface area (Å²) in [6.45, 7) is 1.75. The zero-order valence-electron chi connectivity index (χ0n) is 14.3. The number of hydrogen-bond acceptors (Lipinski definition) is 6. The molecule has 1 fully saturated rings. The Kier molecular flexibility index (Phi) is 5.78. The average molecular weight is 446 g/mol. The van der Waals surface area contributed by atoms with Crippen LogP contribution in [0.3, 0.4) is 0 Å². The molecule has 0 aliphatic carbocycles. The number of carbonyl (C=O) groups excluding carboxylic acids is 1. The summed E-state index contributed by atoms with van der Waals surface area (Å²) in [7, 11) is 0. The van der Waals surface area contributed by atoms with Gasteiger partial charge in [0.25, 0.3) is 5.91 Å². The van der Waals surface area contributed by atoms with E-state index in [0.717, 1.165) is 28.8 Å². The van der Waals surface area contributed by atoms with Gasteiger partial charge in [0.2, 0.25) is 0 Å². The van der Waals surface area contributed by atoms with Crippen LogP contribution >= 0.6 is 35.7 Å². The van der Waals surface area contributed by atoms with Gasteiger partial charge in [-0.3, -0.25) is 14.5 Å². The lowest BCUT2D eigenvalue weighted by Gasteiger charge is -2.18. The van der Waals surface area contributed by atoms with Gasteiger partial charge in [-0.25, -0.2) is 0 Å². The van der Waals surface area contributed by atoms with Crippen molar-refractivity contribution in [1.29, 1.82) is 0 Å². The summed E-state index contributed by atoms with van der Waals surface area (Å²) in [6, 6.07) is 3.58. The maximum Gasteiger partial charge on any atom is 0.416 e. The van der Waals surface area contributed by atoms with Crippen LogP contribution in [0.2, 0.25) is 0 Å². The molecule has 1 N–H and O–H groups in total. The number of carbonyl (C=O) groups is 2. The van der Waals surface area contributed by atoms with Gasteiger partial charge < -0.3 is 10.0 Å². The number of amides is 1. The van der Waals surface area contributed by atoms with Crippen LogP contribution in [0.5, 0.6) is 0 Å². The molecule has 1 aromatic rings. The number of thiocarbonyl (C=S) groups is 1. The SMILES string of the molecule is CCN1/C(=C/C=C2/SC(=S)N(CC(=O)O)C2=O)Sc2ccc(C(F)(F)F)cc21. The van der Waals surface area contributed by atoms with E-state index in [4.69, 9.17) is 17.3 Å². The lowest BCUT2D eigenvalue weighted by molar-refractivity contribution is -0.140. The molecule has 2 aliphatic heterocycles. The Morgan fingerprint density at radius 2 is 1.96 bits per heavy atom. The highest BCUT2D eigenvalue weighted by Crippen LogP contribution is 2.48. The molecule has 28 heavy (non-hydrogen) atoms. The second-order valence-electron chi connectivity index (χ2n) is 5.72. The molecular weight excluding hydrogens is 433 g/mol. The third-order valence-electron chi connectivity index (χ3n) is 3.92. The Morgan fingerprint density at radius 1 is 1.25 bits per heavy atom. The fourth-order valence-electron chi connectivity index (χ4n) is 2.66. The second kappa shape index (κ2) is 7.80. The van der Waals surface area contributed by atoms with E-state index in [1.807, 2.05) is 6.92 Å².